The van der Waals surface area contributed by atoms with Crippen molar-refractivity contribution in [1.82, 2.24) is 4.72 Å². The molecule has 0 radical (unpaired) electrons. The lowest BCUT2D eigenvalue weighted by molar-refractivity contribution is 0.0981. The van der Waals surface area contributed by atoms with E-state index in [-0.39, 0.29) is 23.3 Å². The zero-order valence-corrected chi connectivity index (χ0v) is 7.75. The molecule has 74 valence electrons. The Labute approximate surface area is 83.9 Å². The van der Waals surface area contributed by atoms with E-state index < -0.39 is 11.2 Å². The van der Waals surface area contributed by atoms with Crippen molar-refractivity contribution in [3.63, 3.8) is 0 Å². The highest BCUT2D eigenvalue weighted by atomic mass is 32.2. The van der Waals surface area contributed by atoms with E-state index in [0.29, 0.717) is 0 Å². The molecule has 1 aromatic carbocycles. The van der Waals surface area contributed by atoms with Crippen LogP contribution in [0.3, 0.4) is 0 Å². The number of amides is 1. The summed E-state index contributed by atoms with van der Waals surface area (Å²) in [5.41, 5.74) is 0.0428. The van der Waals surface area contributed by atoms with Gasteiger partial charge in [0.1, 0.15) is 5.75 Å². The average Bonchev–Trinajstić information content (AvgIpc) is 2.15. The number of rotatable bonds is 1. The number of aromatic hydroxyl groups is 1. The molecular formula is C8H7NO4S. The van der Waals surface area contributed by atoms with E-state index in [1.807, 2.05) is 0 Å². The lowest BCUT2D eigenvalue weighted by Gasteiger charge is -2.02. The van der Waals surface area contributed by atoms with Gasteiger partial charge in [-0.1, -0.05) is 12.1 Å². The molecule has 0 spiro atoms. The first-order valence-corrected chi connectivity index (χ1v) is 4.41. The second-order valence-electron chi connectivity index (χ2n) is 2.32. The summed E-state index contributed by atoms with van der Waals surface area (Å²) in [7, 11) is 0. The molecule has 0 fully saturated rings. The van der Waals surface area contributed by atoms with Gasteiger partial charge in [0.25, 0.3) is 5.91 Å². The molecule has 14 heavy (non-hydrogen) atoms. The van der Waals surface area contributed by atoms with Gasteiger partial charge in [-0.3, -0.25) is 9.52 Å². The summed E-state index contributed by atoms with van der Waals surface area (Å²) in [5, 5.41) is 16.3. The first-order valence-electron chi connectivity index (χ1n) is 3.59. The number of hydrogen-bond acceptors (Lipinski definition) is 4. The molecule has 1 rings (SSSR count). The van der Waals surface area contributed by atoms with Crippen LogP contribution in [0.1, 0.15) is 10.4 Å². The quantitative estimate of drug-likeness (QED) is 0.614. The Morgan fingerprint density at radius 2 is 1.93 bits per heavy atom. The Balaban J connectivity index is 2.70. The third-order valence-electron chi connectivity index (χ3n) is 1.38. The summed E-state index contributed by atoms with van der Waals surface area (Å²) in [6, 6.07) is 5.88. The first-order chi connectivity index (χ1) is 6.61. The van der Waals surface area contributed by atoms with Crippen LogP contribution in [0, 0.1) is 0 Å². The van der Waals surface area contributed by atoms with Gasteiger partial charge < -0.3 is 10.2 Å². The number of para-hydroxylation sites is 1. The van der Waals surface area contributed by atoms with Crippen molar-refractivity contribution < 1.29 is 19.8 Å². The minimum Gasteiger partial charge on any atom is -0.507 e. The fourth-order valence-corrected chi connectivity index (χ4v) is 1.10. The van der Waals surface area contributed by atoms with E-state index in [1.54, 1.807) is 12.1 Å². The molecule has 1 aromatic rings. The number of carbonyl (C=O) groups is 2. The molecule has 0 aliphatic heterocycles. The monoisotopic (exact) mass is 213 g/mol. The van der Waals surface area contributed by atoms with Gasteiger partial charge >= 0.3 is 5.30 Å². The topological polar surface area (TPSA) is 86.6 Å². The minimum absolute atomic E-state index is 0.0428. The molecule has 0 unspecified atom stereocenters. The maximum absolute atomic E-state index is 11.2. The Bertz CT molecular complexity index is 366. The fourth-order valence-electron chi connectivity index (χ4n) is 0.811. The lowest BCUT2D eigenvalue weighted by atomic mass is 10.2. The second kappa shape index (κ2) is 4.52. The van der Waals surface area contributed by atoms with Gasteiger partial charge in [-0.25, -0.2) is 4.79 Å². The van der Waals surface area contributed by atoms with Crippen LogP contribution >= 0.6 is 11.9 Å². The summed E-state index contributed by atoms with van der Waals surface area (Å²) in [4.78, 5) is 21.3. The smallest absolute Gasteiger partial charge is 0.385 e. The van der Waals surface area contributed by atoms with Crippen LogP contribution in [-0.4, -0.2) is 21.4 Å². The predicted octanol–water partition coefficient (Wildman–Crippen LogP) is 1.45. The number of phenols is 1. The zero-order chi connectivity index (χ0) is 10.6. The third kappa shape index (κ3) is 2.67. The van der Waals surface area contributed by atoms with Crippen LogP contribution in [0.25, 0.3) is 0 Å². The van der Waals surface area contributed by atoms with Crippen molar-refractivity contribution in [3.8, 4) is 5.75 Å². The zero-order valence-electron chi connectivity index (χ0n) is 6.93. The van der Waals surface area contributed by atoms with Gasteiger partial charge in [0.2, 0.25) is 0 Å². The van der Waals surface area contributed by atoms with Gasteiger partial charge in [-0.05, 0) is 12.1 Å². The van der Waals surface area contributed by atoms with Gasteiger partial charge in [0.05, 0.1) is 17.5 Å². The predicted molar refractivity (Wildman–Crippen MR) is 51.2 cm³/mol. The number of phenolic OH excluding ortho intramolecular Hbond substituents is 1. The van der Waals surface area contributed by atoms with E-state index in [1.165, 1.54) is 12.1 Å². The third-order valence-corrected chi connectivity index (χ3v) is 1.84. The molecule has 0 heterocycles. The van der Waals surface area contributed by atoms with Crippen molar-refractivity contribution in [2.24, 2.45) is 0 Å². The molecule has 0 saturated heterocycles. The Morgan fingerprint density at radius 1 is 1.29 bits per heavy atom. The molecule has 3 N–H and O–H groups in total. The highest BCUT2D eigenvalue weighted by Crippen LogP contribution is 2.15. The standard InChI is InChI=1S/C8H7NO4S/c10-6-4-2-1-3-5(6)7(11)9-14-8(12)13/h1-4,10H,(H,9,11)(H,12,13). The normalized spacial score (nSPS) is 9.43. The Hall–Kier alpha value is -1.69. The van der Waals surface area contributed by atoms with Crippen LogP contribution in [0.5, 0.6) is 5.75 Å². The van der Waals surface area contributed by atoms with Crippen LogP contribution in [0.4, 0.5) is 4.79 Å². The van der Waals surface area contributed by atoms with Crippen LogP contribution in [0.2, 0.25) is 0 Å². The molecule has 0 atom stereocenters. The molecule has 0 saturated carbocycles. The number of hydrogen-bond donors (Lipinski definition) is 3. The van der Waals surface area contributed by atoms with Crippen LogP contribution < -0.4 is 4.72 Å². The van der Waals surface area contributed by atoms with Gasteiger partial charge in [0.15, 0.2) is 0 Å². The molecule has 0 aromatic heterocycles. The molecular weight excluding hydrogens is 206 g/mol. The summed E-state index contributed by atoms with van der Waals surface area (Å²) in [6.45, 7) is 0. The number of carbonyl (C=O) groups excluding carboxylic acids is 1. The highest BCUT2D eigenvalue weighted by molar-refractivity contribution is 8.11. The van der Waals surface area contributed by atoms with Crippen LogP contribution in [-0.2, 0) is 0 Å². The highest BCUT2D eigenvalue weighted by Gasteiger charge is 2.11. The SMILES string of the molecule is O=C(O)SNC(=O)c1ccccc1O. The number of benzene rings is 1. The minimum atomic E-state index is -1.21. The van der Waals surface area contributed by atoms with Crippen molar-refractivity contribution in [1.29, 1.82) is 0 Å². The molecule has 6 heteroatoms. The lowest BCUT2D eigenvalue weighted by Crippen LogP contribution is -2.17. The second-order valence-corrected chi connectivity index (χ2v) is 3.07. The van der Waals surface area contributed by atoms with Crippen molar-refractivity contribution in [2.45, 2.75) is 0 Å². The van der Waals surface area contributed by atoms with Gasteiger partial charge in [-0.2, -0.15) is 0 Å². The first kappa shape index (κ1) is 10.4. The van der Waals surface area contributed by atoms with E-state index in [0.717, 1.165) is 0 Å². The van der Waals surface area contributed by atoms with Gasteiger partial charge in [0, 0.05) is 0 Å². The summed E-state index contributed by atoms with van der Waals surface area (Å²) in [5.74, 6) is -0.827. The van der Waals surface area contributed by atoms with Crippen molar-refractivity contribution >= 4 is 23.2 Å². The summed E-state index contributed by atoms with van der Waals surface area (Å²) in [6.07, 6.45) is 0. The van der Waals surface area contributed by atoms with Crippen LogP contribution in [0.15, 0.2) is 24.3 Å². The maximum Gasteiger partial charge on any atom is 0.385 e. The van der Waals surface area contributed by atoms with Crippen molar-refractivity contribution in [3.05, 3.63) is 29.8 Å². The van der Waals surface area contributed by atoms with E-state index in [4.69, 9.17) is 5.11 Å². The number of carboxylic acid groups (broad SMARTS) is 1. The van der Waals surface area contributed by atoms with E-state index in [2.05, 4.69) is 4.72 Å². The fraction of sp³-hybridized carbons (Fsp3) is 0. The summed E-state index contributed by atoms with van der Waals surface area (Å²) < 4.78 is 2.06. The molecule has 1 amide bonds. The largest absolute Gasteiger partial charge is 0.507 e. The van der Waals surface area contributed by atoms with Crippen molar-refractivity contribution in [2.75, 3.05) is 0 Å². The Morgan fingerprint density at radius 3 is 2.50 bits per heavy atom. The molecule has 0 aliphatic carbocycles. The van der Waals surface area contributed by atoms with Gasteiger partial charge in [-0.15, -0.1) is 0 Å². The van der Waals surface area contributed by atoms with E-state index >= 15 is 0 Å². The van der Waals surface area contributed by atoms with E-state index in [9.17, 15) is 14.7 Å². The maximum atomic E-state index is 11.2. The number of nitrogens with one attached hydrogen (secondary N) is 1. The molecule has 0 aliphatic rings. The summed E-state index contributed by atoms with van der Waals surface area (Å²) >= 11 is 0.249. The Kier molecular flexibility index (Phi) is 3.35. The molecule has 0 bridgehead atoms. The molecule has 5 nitrogen and oxygen atoms in total. The average molecular weight is 213 g/mol.